The summed E-state index contributed by atoms with van der Waals surface area (Å²) in [6, 6.07) is 14.9. The van der Waals surface area contributed by atoms with E-state index in [1.807, 2.05) is 49.4 Å². The standard InChI is InChI=1S/C19H16ClN3O/c1-3-11-23-17-10-5-4-9-16(17)18(19(23)24)22-21-13(2)14-7-6-8-15(20)12-14/h3-10,12H,1,11H2,2H3/b21-13-,22-18-. The van der Waals surface area contributed by atoms with E-state index in [9.17, 15) is 4.79 Å². The first kappa shape index (κ1) is 16.1. The first-order chi connectivity index (χ1) is 11.6. The van der Waals surface area contributed by atoms with Gasteiger partial charge >= 0.3 is 0 Å². The van der Waals surface area contributed by atoms with Crippen LogP contribution in [0.15, 0.2) is 71.4 Å². The van der Waals surface area contributed by atoms with Crippen molar-refractivity contribution >= 4 is 34.6 Å². The van der Waals surface area contributed by atoms with Crippen LogP contribution in [0.4, 0.5) is 5.69 Å². The van der Waals surface area contributed by atoms with E-state index in [-0.39, 0.29) is 5.91 Å². The lowest BCUT2D eigenvalue weighted by Crippen LogP contribution is -2.30. The molecule has 120 valence electrons. The van der Waals surface area contributed by atoms with Crippen molar-refractivity contribution in [3.05, 3.63) is 77.3 Å². The molecule has 24 heavy (non-hydrogen) atoms. The van der Waals surface area contributed by atoms with Gasteiger partial charge in [-0.05, 0) is 30.7 Å². The van der Waals surface area contributed by atoms with Crippen molar-refractivity contribution in [3.8, 4) is 0 Å². The molecule has 0 aromatic heterocycles. The maximum absolute atomic E-state index is 12.6. The SMILES string of the molecule is C=CCN1C(=O)/C(=N\N=C(\C)c2cccc(Cl)c2)c2ccccc21. The van der Waals surface area contributed by atoms with Crippen molar-refractivity contribution in [2.24, 2.45) is 10.2 Å². The summed E-state index contributed by atoms with van der Waals surface area (Å²) in [6.45, 7) is 5.98. The van der Waals surface area contributed by atoms with E-state index in [2.05, 4.69) is 16.8 Å². The van der Waals surface area contributed by atoms with Crippen LogP contribution >= 0.6 is 11.6 Å². The third-order valence-corrected chi connectivity index (χ3v) is 3.99. The van der Waals surface area contributed by atoms with Gasteiger partial charge in [0.1, 0.15) is 0 Å². The number of carbonyl (C=O) groups excluding carboxylic acids is 1. The Morgan fingerprint density at radius 1 is 1.25 bits per heavy atom. The van der Waals surface area contributed by atoms with Gasteiger partial charge in [0.25, 0.3) is 5.91 Å². The minimum absolute atomic E-state index is 0.168. The molecule has 0 radical (unpaired) electrons. The molecule has 3 rings (SSSR count). The largest absolute Gasteiger partial charge is 0.302 e. The van der Waals surface area contributed by atoms with Gasteiger partial charge in [0.2, 0.25) is 0 Å². The smallest absolute Gasteiger partial charge is 0.279 e. The summed E-state index contributed by atoms with van der Waals surface area (Å²) in [5.41, 5.74) is 3.52. The van der Waals surface area contributed by atoms with E-state index < -0.39 is 0 Å². The fourth-order valence-electron chi connectivity index (χ4n) is 2.56. The summed E-state index contributed by atoms with van der Waals surface area (Å²) in [5, 5.41) is 9.09. The predicted molar refractivity (Wildman–Crippen MR) is 99.2 cm³/mol. The summed E-state index contributed by atoms with van der Waals surface area (Å²) in [5.74, 6) is -0.168. The van der Waals surface area contributed by atoms with Gasteiger partial charge in [-0.3, -0.25) is 4.79 Å². The zero-order valence-corrected chi connectivity index (χ0v) is 14.0. The molecule has 5 heteroatoms. The number of rotatable bonds is 4. The number of halogens is 1. The number of fused-ring (bicyclic) bond motifs is 1. The molecule has 0 spiro atoms. The molecule has 0 atom stereocenters. The normalized spacial score (nSPS) is 15.8. The Morgan fingerprint density at radius 3 is 2.79 bits per heavy atom. The summed E-state index contributed by atoms with van der Waals surface area (Å²) in [6.07, 6.45) is 1.69. The number of hydrogen-bond donors (Lipinski definition) is 0. The lowest BCUT2D eigenvalue weighted by Gasteiger charge is -2.13. The average molecular weight is 338 g/mol. The molecule has 0 N–H and O–H groups in total. The lowest BCUT2D eigenvalue weighted by atomic mass is 10.1. The van der Waals surface area contributed by atoms with Crippen molar-refractivity contribution in [2.45, 2.75) is 6.92 Å². The second-order valence-corrected chi connectivity index (χ2v) is 5.80. The molecule has 1 heterocycles. The van der Waals surface area contributed by atoms with Gasteiger partial charge in [-0.15, -0.1) is 11.7 Å². The molecular weight excluding hydrogens is 322 g/mol. The Kier molecular flexibility index (Phi) is 4.58. The zero-order chi connectivity index (χ0) is 17.1. The number of benzene rings is 2. The van der Waals surface area contributed by atoms with Gasteiger partial charge < -0.3 is 4.90 Å². The van der Waals surface area contributed by atoms with E-state index in [1.54, 1.807) is 17.0 Å². The molecule has 0 fully saturated rings. The molecular formula is C19H16ClN3O. The van der Waals surface area contributed by atoms with Crippen molar-refractivity contribution < 1.29 is 4.79 Å². The highest BCUT2D eigenvalue weighted by Gasteiger charge is 2.33. The first-order valence-corrected chi connectivity index (χ1v) is 7.90. The van der Waals surface area contributed by atoms with Gasteiger partial charge in [0.05, 0.1) is 11.4 Å². The molecule has 1 amide bonds. The third kappa shape index (κ3) is 3.01. The van der Waals surface area contributed by atoms with Crippen LogP contribution < -0.4 is 4.90 Å². The number of hydrogen-bond acceptors (Lipinski definition) is 3. The fraction of sp³-hybridized carbons (Fsp3) is 0.105. The van der Waals surface area contributed by atoms with Crippen LogP contribution in [0.5, 0.6) is 0 Å². The monoisotopic (exact) mass is 337 g/mol. The fourth-order valence-corrected chi connectivity index (χ4v) is 2.76. The Balaban J connectivity index is 1.99. The van der Waals surface area contributed by atoms with Crippen LogP contribution in [0.3, 0.4) is 0 Å². The third-order valence-electron chi connectivity index (χ3n) is 3.75. The number of para-hydroxylation sites is 1. The van der Waals surface area contributed by atoms with Crippen LogP contribution in [-0.2, 0) is 4.79 Å². The van der Waals surface area contributed by atoms with E-state index in [1.165, 1.54) is 0 Å². The summed E-state index contributed by atoms with van der Waals surface area (Å²) in [7, 11) is 0. The minimum Gasteiger partial charge on any atom is -0.302 e. The second kappa shape index (κ2) is 6.81. The van der Waals surface area contributed by atoms with Crippen molar-refractivity contribution in [3.63, 3.8) is 0 Å². The Bertz CT molecular complexity index is 870. The molecule has 0 saturated carbocycles. The molecule has 0 bridgehead atoms. The lowest BCUT2D eigenvalue weighted by molar-refractivity contribution is -0.112. The van der Waals surface area contributed by atoms with Gasteiger partial charge in [-0.25, -0.2) is 0 Å². The molecule has 1 aliphatic rings. The van der Waals surface area contributed by atoms with Crippen molar-refractivity contribution in [1.82, 2.24) is 0 Å². The second-order valence-electron chi connectivity index (χ2n) is 5.37. The zero-order valence-electron chi connectivity index (χ0n) is 13.2. The number of anilines is 1. The van der Waals surface area contributed by atoms with E-state index in [4.69, 9.17) is 11.6 Å². The molecule has 2 aromatic rings. The van der Waals surface area contributed by atoms with Crippen molar-refractivity contribution in [2.75, 3.05) is 11.4 Å². The Morgan fingerprint density at radius 2 is 2.04 bits per heavy atom. The predicted octanol–water partition coefficient (Wildman–Crippen LogP) is 4.09. The maximum Gasteiger partial charge on any atom is 0.279 e. The number of nitrogens with zero attached hydrogens (tertiary/aromatic N) is 3. The van der Waals surface area contributed by atoms with E-state index >= 15 is 0 Å². The summed E-state index contributed by atoms with van der Waals surface area (Å²) in [4.78, 5) is 14.3. The Labute approximate surface area is 145 Å². The average Bonchev–Trinajstić information content (AvgIpc) is 2.85. The highest BCUT2D eigenvalue weighted by Crippen LogP contribution is 2.29. The van der Waals surface area contributed by atoms with Crippen LogP contribution in [0.1, 0.15) is 18.1 Å². The number of amides is 1. The van der Waals surface area contributed by atoms with Gasteiger partial charge in [0.15, 0.2) is 5.71 Å². The van der Waals surface area contributed by atoms with Gasteiger partial charge in [0, 0.05) is 17.1 Å². The first-order valence-electron chi connectivity index (χ1n) is 7.52. The molecule has 0 saturated heterocycles. The van der Waals surface area contributed by atoms with Gasteiger partial charge in [-0.2, -0.15) is 5.10 Å². The quantitative estimate of drug-likeness (QED) is 0.471. The van der Waals surface area contributed by atoms with E-state index in [0.29, 0.717) is 23.0 Å². The Hall–Kier alpha value is -2.72. The minimum atomic E-state index is -0.168. The van der Waals surface area contributed by atoms with Gasteiger partial charge in [-0.1, -0.05) is 48.0 Å². The molecule has 1 aliphatic heterocycles. The van der Waals surface area contributed by atoms with E-state index in [0.717, 1.165) is 16.8 Å². The summed E-state index contributed by atoms with van der Waals surface area (Å²) < 4.78 is 0. The highest BCUT2D eigenvalue weighted by molar-refractivity contribution is 6.54. The van der Waals surface area contributed by atoms with Crippen LogP contribution in [0, 0.1) is 0 Å². The van der Waals surface area contributed by atoms with Crippen LogP contribution in [0.25, 0.3) is 0 Å². The molecule has 0 unspecified atom stereocenters. The molecule has 4 nitrogen and oxygen atoms in total. The molecule has 2 aromatic carbocycles. The van der Waals surface area contributed by atoms with Crippen molar-refractivity contribution in [1.29, 1.82) is 0 Å². The van der Waals surface area contributed by atoms with Crippen LogP contribution in [0.2, 0.25) is 5.02 Å². The summed E-state index contributed by atoms with van der Waals surface area (Å²) >= 11 is 6.00. The topological polar surface area (TPSA) is 45.0 Å². The maximum atomic E-state index is 12.6. The highest BCUT2D eigenvalue weighted by atomic mass is 35.5. The molecule has 0 aliphatic carbocycles. The number of carbonyl (C=O) groups is 1. The van der Waals surface area contributed by atoms with Crippen LogP contribution in [-0.4, -0.2) is 23.9 Å².